The summed E-state index contributed by atoms with van der Waals surface area (Å²) in [6.45, 7) is 3.37. The predicted octanol–water partition coefficient (Wildman–Crippen LogP) is 4.17. The van der Waals surface area contributed by atoms with Crippen molar-refractivity contribution in [1.29, 1.82) is 0 Å². The Morgan fingerprint density at radius 3 is 2.65 bits per heavy atom. The highest BCUT2D eigenvalue weighted by molar-refractivity contribution is 6.30. The van der Waals surface area contributed by atoms with Crippen LogP contribution in [0.2, 0.25) is 5.02 Å². The van der Waals surface area contributed by atoms with Crippen LogP contribution in [0.25, 0.3) is 0 Å². The Hall–Kier alpha value is -0.930. The van der Waals surface area contributed by atoms with Crippen LogP contribution < -0.4 is 14.8 Å². The van der Waals surface area contributed by atoms with Crippen molar-refractivity contribution < 1.29 is 9.47 Å². The van der Waals surface area contributed by atoms with Crippen molar-refractivity contribution in [1.82, 2.24) is 5.32 Å². The van der Waals surface area contributed by atoms with Gasteiger partial charge in [-0.05, 0) is 25.8 Å². The highest BCUT2D eigenvalue weighted by Crippen LogP contribution is 2.35. The minimum atomic E-state index is 0.614. The van der Waals surface area contributed by atoms with Gasteiger partial charge in [0, 0.05) is 29.2 Å². The molecule has 3 nitrogen and oxygen atoms in total. The molecule has 1 aliphatic carbocycles. The highest BCUT2D eigenvalue weighted by Gasteiger charge is 2.16. The highest BCUT2D eigenvalue weighted by atomic mass is 35.5. The summed E-state index contributed by atoms with van der Waals surface area (Å²) in [4.78, 5) is 0. The summed E-state index contributed by atoms with van der Waals surface area (Å²) in [5.74, 6) is 1.52. The Morgan fingerprint density at radius 2 is 2.00 bits per heavy atom. The first kappa shape index (κ1) is 15.5. The maximum atomic E-state index is 6.16. The van der Waals surface area contributed by atoms with Gasteiger partial charge in [0.15, 0.2) is 11.5 Å². The summed E-state index contributed by atoms with van der Waals surface area (Å²) in [5, 5.41) is 4.31. The van der Waals surface area contributed by atoms with Gasteiger partial charge in [-0.3, -0.25) is 0 Å². The normalized spacial score (nSPS) is 16.1. The van der Waals surface area contributed by atoms with Gasteiger partial charge in [0.05, 0.1) is 13.7 Å². The predicted molar refractivity (Wildman–Crippen MR) is 82.9 cm³/mol. The lowest BCUT2D eigenvalue weighted by Crippen LogP contribution is -2.30. The first-order chi connectivity index (χ1) is 9.74. The van der Waals surface area contributed by atoms with E-state index in [1.165, 1.54) is 32.1 Å². The largest absolute Gasteiger partial charge is 0.493 e. The van der Waals surface area contributed by atoms with E-state index in [0.29, 0.717) is 23.4 Å². The fourth-order valence-electron chi connectivity index (χ4n) is 2.77. The topological polar surface area (TPSA) is 30.5 Å². The van der Waals surface area contributed by atoms with Crippen LogP contribution in [-0.2, 0) is 6.54 Å². The number of ether oxygens (including phenoxy) is 2. The summed E-state index contributed by atoms with van der Waals surface area (Å²) in [7, 11) is 1.65. The van der Waals surface area contributed by atoms with Crippen LogP contribution >= 0.6 is 11.6 Å². The van der Waals surface area contributed by atoms with Crippen molar-refractivity contribution in [3.05, 3.63) is 22.7 Å². The van der Waals surface area contributed by atoms with Crippen LogP contribution in [0.1, 0.15) is 44.6 Å². The first-order valence-electron chi connectivity index (χ1n) is 7.47. The van der Waals surface area contributed by atoms with Crippen molar-refractivity contribution in [2.75, 3.05) is 13.7 Å². The summed E-state index contributed by atoms with van der Waals surface area (Å²) < 4.78 is 11.1. The molecule has 112 valence electrons. The molecule has 0 saturated heterocycles. The Balaban J connectivity index is 2.09. The van der Waals surface area contributed by atoms with Gasteiger partial charge in [0.2, 0.25) is 0 Å². The van der Waals surface area contributed by atoms with E-state index < -0.39 is 0 Å². The second-order valence-electron chi connectivity index (χ2n) is 5.25. The zero-order valence-corrected chi connectivity index (χ0v) is 13.1. The quantitative estimate of drug-likeness (QED) is 0.855. The zero-order valence-electron chi connectivity index (χ0n) is 12.4. The summed E-state index contributed by atoms with van der Waals surface area (Å²) in [6.07, 6.45) is 6.56. The number of halogens is 1. The molecule has 0 unspecified atom stereocenters. The van der Waals surface area contributed by atoms with Crippen LogP contribution in [0.15, 0.2) is 12.1 Å². The van der Waals surface area contributed by atoms with Crippen LogP contribution in [0.4, 0.5) is 0 Å². The maximum absolute atomic E-state index is 6.16. The fraction of sp³-hybridized carbons (Fsp3) is 0.625. The van der Waals surface area contributed by atoms with Crippen LogP contribution in [0.5, 0.6) is 11.5 Å². The van der Waals surface area contributed by atoms with Gasteiger partial charge in [-0.25, -0.2) is 0 Å². The van der Waals surface area contributed by atoms with Crippen molar-refractivity contribution >= 4 is 11.6 Å². The first-order valence-corrected chi connectivity index (χ1v) is 7.85. The SMILES string of the molecule is CCOc1c(CNC2CCCCC2)cc(Cl)cc1OC. The average Bonchev–Trinajstić information content (AvgIpc) is 2.48. The standard InChI is InChI=1S/C16H24ClNO2/c1-3-20-16-12(9-13(17)10-15(16)19-2)11-18-14-7-5-4-6-8-14/h9-10,14,18H,3-8,11H2,1-2H3. The molecular weight excluding hydrogens is 274 g/mol. The number of rotatable bonds is 6. The lowest BCUT2D eigenvalue weighted by atomic mass is 9.95. The van der Waals surface area contributed by atoms with Crippen LogP contribution in [-0.4, -0.2) is 19.8 Å². The third-order valence-electron chi connectivity index (χ3n) is 3.79. The van der Waals surface area contributed by atoms with E-state index in [0.717, 1.165) is 17.9 Å². The molecule has 0 bridgehead atoms. The Labute approximate surface area is 126 Å². The van der Waals surface area contributed by atoms with Crippen molar-refractivity contribution in [3.63, 3.8) is 0 Å². The Kier molecular flexibility index (Phi) is 5.99. The maximum Gasteiger partial charge on any atom is 0.165 e. The monoisotopic (exact) mass is 297 g/mol. The third kappa shape index (κ3) is 4.03. The molecule has 0 aromatic heterocycles. The van der Waals surface area contributed by atoms with E-state index in [-0.39, 0.29) is 0 Å². The van der Waals surface area contributed by atoms with E-state index in [2.05, 4.69) is 5.32 Å². The molecule has 0 radical (unpaired) electrons. The lowest BCUT2D eigenvalue weighted by molar-refractivity contribution is 0.304. The molecule has 1 fully saturated rings. The minimum absolute atomic E-state index is 0.614. The van der Waals surface area contributed by atoms with E-state index in [4.69, 9.17) is 21.1 Å². The van der Waals surface area contributed by atoms with Gasteiger partial charge >= 0.3 is 0 Å². The Bertz CT molecular complexity index is 431. The van der Waals surface area contributed by atoms with Crippen LogP contribution in [0, 0.1) is 0 Å². The minimum Gasteiger partial charge on any atom is -0.493 e. The van der Waals surface area contributed by atoms with Crippen molar-refractivity contribution in [2.24, 2.45) is 0 Å². The molecule has 1 aromatic carbocycles. The second-order valence-corrected chi connectivity index (χ2v) is 5.68. The van der Waals surface area contributed by atoms with Crippen molar-refractivity contribution in [2.45, 2.75) is 51.6 Å². The van der Waals surface area contributed by atoms with Crippen LogP contribution in [0.3, 0.4) is 0 Å². The van der Waals surface area contributed by atoms with E-state index in [1.807, 2.05) is 13.0 Å². The molecule has 0 aliphatic heterocycles. The number of benzene rings is 1. The molecule has 0 atom stereocenters. The average molecular weight is 298 g/mol. The van der Waals surface area contributed by atoms with Gasteiger partial charge < -0.3 is 14.8 Å². The third-order valence-corrected chi connectivity index (χ3v) is 4.01. The molecular formula is C16H24ClNO2. The molecule has 1 aliphatic rings. The van der Waals surface area contributed by atoms with E-state index >= 15 is 0 Å². The summed E-state index contributed by atoms with van der Waals surface area (Å²) >= 11 is 6.16. The van der Waals surface area contributed by atoms with Gasteiger partial charge in [0.1, 0.15) is 0 Å². The second kappa shape index (κ2) is 7.75. The smallest absolute Gasteiger partial charge is 0.165 e. The zero-order chi connectivity index (χ0) is 14.4. The molecule has 4 heteroatoms. The van der Waals surface area contributed by atoms with E-state index in [9.17, 15) is 0 Å². The van der Waals surface area contributed by atoms with E-state index in [1.54, 1.807) is 13.2 Å². The number of nitrogens with one attached hydrogen (secondary N) is 1. The molecule has 0 amide bonds. The summed E-state index contributed by atoms with van der Waals surface area (Å²) in [6, 6.07) is 4.38. The molecule has 2 rings (SSSR count). The van der Waals surface area contributed by atoms with Crippen molar-refractivity contribution in [3.8, 4) is 11.5 Å². The molecule has 1 saturated carbocycles. The molecule has 0 heterocycles. The van der Waals surface area contributed by atoms with Gasteiger partial charge in [0.25, 0.3) is 0 Å². The molecule has 1 N–H and O–H groups in total. The number of hydrogen-bond donors (Lipinski definition) is 1. The lowest BCUT2D eigenvalue weighted by Gasteiger charge is -2.24. The fourth-order valence-corrected chi connectivity index (χ4v) is 3.01. The molecule has 1 aromatic rings. The number of hydrogen-bond acceptors (Lipinski definition) is 3. The Morgan fingerprint density at radius 1 is 1.25 bits per heavy atom. The number of methoxy groups -OCH3 is 1. The molecule has 0 spiro atoms. The van der Waals surface area contributed by atoms with Gasteiger partial charge in [-0.2, -0.15) is 0 Å². The summed E-state index contributed by atoms with van der Waals surface area (Å²) in [5.41, 5.74) is 1.07. The molecule has 20 heavy (non-hydrogen) atoms. The van der Waals surface area contributed by atoms with Gasteiger partial charge in [-0.15, -0.1) is 0 Å². The van der Waals surface area contributed by atoms with Gasteiger partial charge in [-0.1, -0.05) is 30.9 Å².